The fourth-order valence-electron chi connectivity index (χ4n) is 2.05. The van der Waals surface area contributed by atoms with Gasteiger partial charge in [0.15, 0.2) is 11.5 Å². The lowest BCUT2D eigenvalue weighted by molar-refractivity contribution is 0.0763. The van der Waals surface area contributed by atoms with Crippen LogP contribution in [-0.2, 0) is 0 Å². The third-order valence-corrected chi connectivity index (χ3v) is 3.09. The van der Waals surface area contributed by atoms with Crippen molar-refractivity contribution in [3.63, 3.8) is 0 Å². The first kappa shape index (κ1) is 17.3. The van der Waals surface area contributed by atoms with Crippen molar-refractivity contribution in [1.29, 1.82) is 0 Å². The Labute approximate surface area is 127 Å². The summed E-state index contributed by atoms with van der Waals surface area (Å²) in [7, 11) is 0. The Morgan fingerprint density at radius 2 is 1.81 bits per heavy atom. The van der Waals surface area contributed by atoms with Crippen molar-refractivity contribution < 1.29 is 14.3 Å². The molecule has 2 N–H and O–H groups in total. The van der Waals surface area contributed by atoms with Crippen LogP contribution >= 0.6 is 0 Å². The highest BCUT2D eigenvalue weighted by Gasteiger charge is 2.16. The number of carbonyl (C=O) groups is 1. The van der Waals surface area contributed by atoms with Crippen LogP contribution in [0.15, 0.2) is 18.2 Å². The van der Waals surface area contributed by atoms with Gasteiger partial charge in [-0.3, -0.25) is 4.79 Å². The fourth-order valence-corrected chi connectivity index (χ4v) is 2.05. The molecule has 0 aliphatic carbocycles. The summed E-state index contributed by atoms with van der Waals surface area (Å²) in [6, 6.07) is 5.32. The predicted octanol–water partition coefficient (Wildman–Crippen LogP) is 2.29. The first-order chi connectivity index (χ1) is 10.2. The monoisotopic (exact) mass is 294 g/mol. The maximum Gasteiger partial charge on any atom is 0.253 e. The zero-order chi connectivity index (χ0) is 15.7. The number of carbonyl (C=O) groups excluding carboxylic acids is 1. The first-order valence-electron chi connectivity index (χ1n) is 7.56. The molecule has 5 heteroatoms. The van der Waals surface area contributed by atoms with Gasteiger partial charge in [-0.05, 0) is 51.9 Å². The molecule has 1 amide bonds. The highest BCUT2D eigenvalue weighted by atomic mass is 16.5. The fraction of sp³-hybridized carbons (Fsp3) is 0.562. The van der Waals surface area contributed by atoms with Crippen molar-refractivity contribution in [2.75, 3.05) is 32.8 Å². The summed E-state index contributed by atoms with van der Waals surface area (Å²) in [6.45, 7) is 8.79. The molecule has 1 rings (SSSR count). The van der Waals surface area contributed by atoms with Gasteiger partial charge in [0.1, 0.15) is 0 Å². The molecule has 1 aromatic rings. The van der Waals surface area contributed by atoms with E-state index >= 15 is 0 Å². The first-order valence-corrected chi connectivity index (χ1v) is 7.56. The molecule has 118 valence electrons. The van der Waals surface area contributed by atoms with Crippen LogP contribution in [0.25, 0.3) is 0 Å². The molecule has 0 saturated heterocycles. The zero-order valence-electron chi connectivity index (χ0n) is 13.2. The van der Waals surface area contributed by atoms with Crippen LogP contribution in [0.2, 0.25) is 0 Å². The average molecular weight is 294 g/mol. The van der Waals surface area contributed by atoms with Gasteiger partial charge in [0.05, 0.1) is 13.2 Å². The van der Waals surface area contributed by atoms with E-state index in [2.05, 4.69) is 0 Å². The minimum atomic E-state index is -0.00467. The van der Waals surface area contributed by atoms with Gasteiger partial charge in [-0.1, -0.05) is 0 Å². The van der Waals surface area contributed by atoms with Gasteiger partial charge in [-0.2, -0.15) is 0 Å². The number of ether oxygens (including phenoxy) is 2. The molecule has 0 atom stereocenters. The van der Waals surface area contributed by atoms with E-state index in [1.165, 1.54) is 0 Å². The van der Waals surface area contributed by atoms with Gasteiger partial charge in [0.25, 0.3) is 5.91 Å². The number of hydrogen-bond acceptors (Lipinski definition) is 4. The Balaban J connectivity index is 2.95. The van der Waals surface area contributed by atoms with Crippen molar-refractivity contribution >= 4 is 5.91 Å². The number of benzene rings is 1. The van der Waals surface area contributed by atoms with Crippen molar-refractivity contribution in [3.05, 3.63) is 23.8 Å². The second-order valence-corrected chi connectivity index (χ2v) is 4.55. The summed E-state index contributed by atoms with van der Waals surface area (Å²) in [6.07, 6.45) is 0.801. The lowest BCUT2D eigenvalue weighted by atomic mass is 10.1. The zero-order valence-corrected chi connectivity index (χ0v) is 13.2. The van der Waals surface area contributed by atoms with Gasteiger partial charge in [-0.25, -0.2) is 0 Å². The van der Waals surface area contributed by atoms with Crippen LogP contribution in [0, 0.1) is 0 Å². The molecule has 0 saturated carbocycles. The third-order valence-electron chi connectivity index (χ3n) is 3.09. The van der Waals surface area contributed by atoms with E-state index in [1.54, 1.807) is 23.1 Å². The van der Waals surface area contributed by atoms with E-state index in [0.29, 0.717) is 49.9 Å². The maximum atomic E-state index is 12.5. The highest BCUT2D eigenvalue weighted by Crippen LogP contribution is 2.29. The third kappa shape index (κ3) is 4.93. The lowest BCUT2D eigenvalue weighted by Crippen LogP contribution is -2.32. The molecule has 0 bridgehead atoms. The van der Waals surface area contributed by atoms with E-state index in [4.69, 9.17) is 15.2 Å². The normalized spacial score (nSPS) is 10.3. The summed E-state index contributed by atoms with van der Waals surface area (Å²) in [5, 5.41) is 0. The smallest absolute Gasteiger partial charge is 0.253 e. The van der Waals surface area contributed by atoms with Crippen LogP contribution in [0.5, 0.6) is 11.5 Å². The Kier molecular flexibility index (Phi) is 7.61. The summed E-state index contributed by atoms with van der Waals surface area (Å²) in [5.41, 5.74) is 6.12. The number of amides is 1. The van der Waals surface area contributed by atoms with Crippen LogP contribution in [-0.4, -0.2) is 43.7 Å². The molecular weight excluding hydrogens is 268 g/mol. The SMILES string of the molecule is CCOc1ccc(C(=O)N(CC)CCCN)cc1OCC. The van der Waals surface area contributed by atoms with E-state index in [-0.39, 0.29) is 5.91 Å². The number of rotatable bonds is 9. The molecule has 0 fully saturated rings. The van der Waals surface area contributed by atoms with Crippen molar-refractivity contribution in [2.45, 2.75) is 27.2 Å². The van der Waals surface area contributed by atoms with E-state index in [0.717, 1.165) is 6.42 Å². The second kappa shape index (κ2) is 9.23. The average Bonchev–Trinajstić information content (AvgIpc) is 2.50. The Bertz CT molecular complexity index is 449. The molecule has 0 aromatic heterocycles. The maximum absolute atomic E-state index is 12.5. The van der Waals surface area contributed by atoms with Gasteiger partial charge < -0.3 is 20.1 Å². The van der Waals surface area contributed by atoms with Crippen molar-refractivity contribution in [1.82, 2.24) is 4.90 Å². The van der Waals surface area contributed by atoms with Crippen LogP contribution in [0.1, 0.15) is 37.6 Å². The Morgan fingerprint density at radius 3 is 2.38 bits per heavy atom. The van der Waals surface area contributed by atoms with Crippen molar-refractivity contribution in [2.24, 2.45) is 5.73 Å². The van der Waals surface area contributed by atoms with Gasteiger partial charge >= 0.3 is 0 Å². The largest absolute Gasteiger partial charge is 0.490 e. The van der Waals surface area contributed by atoms with Crippen LogP contribution in [0.4, 0.5) is 0 Å². The summed E-state index contributed by atoms with van der Waals surface area (Å²) in [5.74, 6) is 1.27. The molecule has 1 aromatic carbocycles. The van der Waals surface area contributed by atoms with E-state index in [1.807, 2.05) is 20.8 Å². The van der Waals surface area contributed by atoms with Gasteiger partial charge in [-0.15, -0.1) is 0 Å². The molecule has 0 heterocycles. The quantitative estimate of drug-likeness (QED) is 0.759. The summed E-state index contributed by atoms with van der Waals surface area (Å²) < 4.78 is 11.1. The lowest BCUT2D eigenvalue weighted by Gasteiger charge is -2.21. The van der Waals surface area contributed by atoms with Crippen molar-refractivity contribution in [3.8, 4) is 11.5 Å². The molecule has 0 spiro atoms. The second-order valence-electron chi connectivity index (χ2n) is 4.55. The van der Waals surface area contributed by atoms with Crippen LogP contribution in [0.3, 0.4) is 0 Å². The summed E-state index contributed by atoms with van der Waals surface area (Å²) >= 11 is 0. The van der Waals surface area contributed by atoms with E-state index in [9.17, 15) is 4.79 Å². The van der Waals surface area contributed by atoms with E-state index < -0.39 is 0 Å². The number of hydrogen-bond donors (Lipinski definition) is 1. The van der Waals surface area contributed by atoms with Crippen LogP contribution < -0.4 is 15.2 Å². The highest BCUT2D eigenvalue weighted by molar-refractivity contribution is 5.94. The molecule has 0 radical (unpaired) electrons. The van der Waals surface area contributed by atoms with Gasteiger partial charge in [0, 0.05) is 18.7 Å². The van der Waals surface area contributed by atoms with Gasteiger partial charge in [0.2, 0.25) is 0 Å². The standard InChI is InChI=1S/C16H26N2O3/c1-4-18(11-7-10-17)16(19)13-8-9-14(20-5-2)15(12-13)21-6-3/h8-9,12H,4-7,10-11,17H2,1-3H3. The minimum Gasteiger partial charge on any atom is -0.490 e. The number of nitrogens with two attached hydrogens (primary N) is 1. The molecule has 21 heavy (non-hydrogen) atoms. The molecule has 0 aliphatic heterocycles. The topological polar surface area (TPSA) is 64.8 Å². The molecule has 5 nitrogen and oxygen atoms in total. The molecular formula is C16H26N2O3. The Morgan fingerprint density at radius 1 is 1.14 bits per heavy atom. The molecule has 0 unspecified atom stereocenters. The molecule has 0 aliphatic rings. The predicted molar refractivity (Wildman–Crippen MR) is 84.0 cm³/mol. The number of nitrogens with zero attached hydrogens (tertiary/aromatic N) is 1. The minimum absolute atomic E-state index is 0.00467. The Hall–Kier alpha value is -1.75. The summed E-state index contributed by atoms with van der Waals surface area (Å²) in [4.78, 5) is 14.3.